The normalized spacial score (nSPS) is 10.3. The van der Waals surface area contributed by atoms with Crippen LogP contribution < -0.4 is 9.64 Å². The highest BCUT2D eigenvalue weighted by atomic mass is 32.1. The molecular weight excluding hydrogens is 236 g/mol. The van der Waals surface area contributed by atoms with Gasteiger partial charge in [0.25, 0.3) is 0 Å². The van der Waals surface area contributed by atoms with E-state index in [2.05, 4.69) is 20.9 Å². The van der Waals surface area contributed by atoms with E-state index < -0.39 is 0 Å². The zero-order valence-electron chi connectivity index (χ0n) is 10.0. The average Bonchev–Trinajstić information content (AvgIpc) is 2.84. The molecule has 0 spiro atoms. The summed E-state index contributed by atoms with van der Waals surface area (Å²) in [4.78, 5) is 1.95. The van der Waals surface area contributed by atoms with Gasteiger partial charge in [-0.15, -0.1) is 0 Å². The Balaban J connectivity index is 2.25. The number of hydrogen-bond donors (Lipinski definition) is 0. The molecule has 0 aliphatic heterocycles. The first-order valence-corrected chi connectivity index (χ1v) is 6.12. The molecule has 0 saturated carbocycles. The van der Waals surface area contributed by atoms with Gasteiger partial charge in [-0.05, 0) is 42.8 Å². The summed E-state index contributed by atoms with van der Waals surface area (Å²) >= 11 is 1.27. The van der Waals surface area contributed by atoms with E-state index in [0.717, 1.165) is 22.1 Å². The lowest BCUT2D eigenvalue weighted by atomic mass is 10.2. The Morgan fingerprint density at radius 1 is 1.41 bits per heavy atom. The highest BCUT2D eigenvalue weighted by Gasteiger charge is 2.09. The molecule has 0 amide bonds. The van der Waals surface area contributed by atoms with Crippen LogP contribution in [0.25, 0.3) is 0 Å². The van der Waals surface area contributed by atoms with Crippen molar-refractivity contribution in [2.75, 3.05) is 18.6 Å². The molecule has 0 radical (unpaired) electrons. The van der Waals surface area contributed by atoms with Crippen molar-refractivity contribution in [2.24, 2.45) is 0 Å². The van der Waals surface area contributed by atoms with Crippen LogP contribution in [-0.4, -0.2) is 28.5 Å². The summed E-state index contributed by atoms with van der Waals surface area (Å²) in [7, 11) is 1.94. The number of aryl methyl sites for hydroxylation is 1. The van der Waals surface area contributed by atoms with Gasteiger partial charge >= 0.3 is 0 Å². The molecule has 2 rings (SSSR count). The Bertz CT molecular complexity index is 486. The van der Waals surface area contributed by atoms with E-state index in [4.69, 9.17) is 4.74 Å². The van der Waals surface area contributed by atoms with Gasteiger partial charge in [-0.1, -0.05) is 9.59 Å². The zero-order chi connectivity index (χ0) is 12.3. The number of anilines is 2. The Morgan fingerprint density at radius 3 is 2.82 bits per heavy atom. The summed E-state index contributed by atoms with van der Waals surface area (Å²) in [6.07, 6.45) is 0. The molecule has 5 nitrogen and oxygen atoms in total. The largest absolute Gasteiger partial charge is 0.494 e. The summed E-state index contributed by atoms with van der Waals surface area (Å²) in [5, 5.41) is 8.30. The molecule has 0 atom stereocenters. The third-order valence-corrected chi connectivity index (χ3v) is 3.10. The number of benzene rings is 1. The van der Waals surface area contributed by atoms with Crippen LogP contribution in [0.5, 0.6) is 5.75 Å². The number of rotatable bonds is 4. The van der Waals surface area contributed by atoms with Crippen molar-refractivity contribution in [1.29, 1.82) is 0 Å². The summed E-state index contributed by atoms with van der Waals surface area (Å²) in [5.74, 6) is 0.917. The number of ether oxygens (including phenoxy) is 1. The maximum atomic E-state index is 5.51. The van der Waals surface area contributed by atoms with E-state index >= 15 is 0 Å². The SMILES string of the molecule is CCOc1ccc(N(C)c2nnns2)cc1C. The minimum absolute atomic E-state index is 0.677. The Morgan fingerprint density at radius 2 is 2.24 bits per heavy atom. The summed E-state index contributed by atoms with van der Waals surface area (Å²) < 4.78 is 9.26. The summed E-state index contributed by atoms with van der Waals surface area (Å²) in [6.45, 7) is 4.68. The minimum Gasteiger partial charge on any atom is -0.494 e. The van der Waals surface area contributed by atoms with Gasteiger partial charge in [-0.25, -0.2) is 0 Å². The second-order valence-corrected chi connectivity index (χ2v) is 4.30. The van der Waals surface area contributed by atoms with Crippen LogP contribution in [0.4, 0.5) is 10.8 Å². The van der Waals surface area contributed by atoms with Gasteiger partial charge in [0.15, 0.2) is 0 Å². The molecule has 0 aliphatic rings. The highest BCUT2D eigenvalue weighted by Crippen LogP contribution is 2.28. The first-order valence-electron chi connectivity index (χ1n) is 5.34. The molecular formula is C11H14N4OS. The van der Waals surface area contributed by atoms with Crippen molar-refractivity contribution >= 4 is 22.4 Å². The molecule has 1 heterocycles. The van der Waals surface area contributed by atoms with E-state index in [1.54, 1.807) is 0 Å². The molecule has 1 aromatic carbocycles. The van der Waals surface area contributed by atoms with Crippen LogP contribution in [-0.2, 0) is 0 Å². The monoisotopic (exact) mass is 250 g/mol. The van der Waals surface area contributed by atoms with E-state index in [1.807, 2.05) is 37.9 Å². The minimum atomic E-state index is 0.677. The number of nitrogens with zero attached hydrogens (tertiary/aromatic N) is 4. The molecule has 0 fully saturated rings. The van der Waals surface area contributed by atoms with Gasteiger partial charge in [0.1, 0.15) is 5.75 Å². The maximum Gasteiger partial charge on any atom is 0.232 e. The number of aromatic nitrogens is 3. The van der Waals surface area contributed by atoms with E-state index in [0.29, 0.717) is 6.61 Å². The fraction of sp³-hybridized carbons (Fsp3) is 0.364. The Hall–Kier alpha value is -1.69. The second kappa shape index (κ2) is 5.09. The first kappa shape index (κ1) is 11.8. The van der Waals surface area contributed by atoms with Crippen LogP contribution in [0.15, 0.2) is 18.2 Å². The molecule has 1 aromatic heterocycles. The standard InChI is InChI=1S/C11H14N4OS/c1-4-16-10-6-5-9(7-8(10)2)15(3)11-12-13-14-17-11/h5-7H,4H2,1-3H3. The van der Waals surface area contributed by atoms with Crippen molar-refractivity contribution < 1.29 is 4.74 Å². The van der Waals surface area contributed by atoms with E-state index in [1.165, 1.54) is 11.5 Å². The number of hydrogen-bond acceptors (Lipinski definition) is 6. The van der Waals surface area contributed by atoms with Crippen molar-refractivity contribution in [1.82, 2.24) is 14.8 Å². The van der Waals surface area contributed by atoms with Crippen LogP contribution in [0.1, 0.15) is 12.5 Å². The van der Waals surface area contributed by atoms with Gasteiger partial charge < -0.3 is 9.64 Å². The van der Waals surface area contributed by atoms with Crippen LogP contribution in [0.3, 0.4) is 0 Å². The van der Waals surface area contributed by atoms with Crippen LogP contribution >= 0.6 is 11.5 Å². The van der Waals surface area contributed by atoms with Crippen molar-refractivity contribution in [3.63, 3.8) is 0 Å². The van der Waals surface area contributed by atoms with E-state index in [-0.39, 0.29) is 0 Å². The molecule has 0 bridgehead atoms. The second-order valence-electron chi connectivity index (χ2n) is 3.59. The molecule has 0 saturated heterocycles. The Labute approximate surface area is 104 Å². The molecule has 2 aromatic rings. The fourth-order valence-electron chi connectivity index (χ4n) is 1.53. The lowest BCUT2D eigenvalue weighted by Crippen LogP contribution is -2.09. The average molecular weight is 250 g/mol. The zero-order valence-corrected chi connectivity index (χ0v) is 10.9. The van der Waals surface area contributed by atoms with Gasteiger partial charge in [0, 0.05) is 24.3 Å². The van der Waals surface area contributed by atoms with Crippen molar-refractivity contribution in [2.45, 2.75) is 13.8 Å². The topological polar surface area (TPSA) is 51.1 Å². The third-order valence-electron chi connectivity index (χ3n) is 2.42. The molecule has 0 unspecified atom stereocenters. The fourth-order valence-corrected chi connectivity index (χ4v) is 1.97. The highest BCUT2D eigenvalue weighted by molar-refractivity contribution is 7.09. The van der Waals surface area contributed by atoms with Gasteiger partial charge in [-0.3, -0.25) is 0 Å². The first-order chi connectivity index (χ1) is 8.22. The van der Waals surface area contributed by atoms with Crippen molar-refractivity contribution in [3.8, 4) is 5.75 Å². The molecule has 0 N–H and O–H groups in total. The summed E-state index contributed by atoms with van der Waals surface area (Å²) in [5.41, 5.74) is 2.15. The van der Waals surface area contributed by atoms with Gasteiger partial charge in [0.2, 0.25) is 5.13 Å². The molecule has 17 heavy (non-hydrogen) atoms. The Kier molecular flexibility index (Phi) is 3.53. The summed E-state index contributed by atoms with van der Waals surface area (Å²) in [6, 6.07) is 6.03. The predicted molar refractivity (Wildman–Crippen MR) is 68.1 cm³/mol. The smallest absolute Gasteiger partial charge is 0.232 e. The van der Waals surface area contributed by atoms with Gasteiger partial charge in [-0.2, -0.15) is 0 Å². The maximum absolute atomic E-state index is 5.51. The van der Waals surface area contributed by atoms with E-state index in [9.17, 15) is 0 Å². The molecule has 0 aliphatic carbocycles. The molecule has 6 heteroatoms. The van der Waals surface area contributed by atoms with Crippen LogP contribution in [0, 0.1) is 6.92 Å². The molecule has 90 valence electrons. The van der Waals surface area contributed by atoms with Crippen LogP contribution in [0.2, 0.25) is 0 Å². The lowest BCUT2D eigenvalue weighted by Gasteiger charge is -2.16. The quantitative estimate of drug-likeness (QED) is 0.834. The lowest BCUT2D eigenvalue weighted by molar-refractivity contribution is 0.338. The predicted octanol–water partition coefficient (Wildman–Crippen LogP) is 2.41. The van der Waals surface area contributed by atoms with Crippen molar-refractivity contribution in [3.05, 3.63) is 23.8 Å². The van der Waals surface area contributed by atoms with Gasteiger partial charge in [0.05, 0.1) is 6.61 Å². The third kappa shape index (κ3) is 2.52.